The van der Waals surface area contributed by atoms with Crippen molar-refractivity contribution in [2.24, 2.45) is 0 Å². The second-order valence-electron chi connectivity index (χ2n) is 4.44. The van der Waals surface area contributed by atoms with Crippen LogP contribution >= 0.6 is 0 Å². The third kappa shape index (κ3) is 2.52. The first-order valence-electron chi connectivity index (χ1n) is 6.13. The largest absolute Gasteiger partial charge is 0.357 e. The highest BCUT2D eigenvalue weighted by molar-refractivity contribution is 5.73. The number of hydrogen-bond acceptors (Lipinski definition) is 5. The predicted molar refractivity (Wildman–Crippen MR) is 70.8 cm³/mol. The van der Waals surface area contributed by atoms with Crippen molar-refractivity contribution < 1.29 is 4.79 Å². The van der Waals surface area contributed by atoms with Gasteiger partial charge in [-0.25, -0.2) is 4.98 Å². The number of piperazine rings is 1. The number of amides is 1. The summed E-state index contributed by atoms with van der Waals surface area (Å²) >= 11 is 0. The van der Waals surface area contributed by atoms with Crippen LogP contribution in [-0.4, -0.2) is 54.0 Å². The molecule has 6 heteroatoms. The van der Waals surface area contributed by atoms with Crippen molar-refractivity contribution in [1.29, 1.82) is 0 Å². The number of aryl methyl sites for hydroxylation is 1. The zero-order valence-electron chi connectivity index (χ0n) is 11.1. The lowest BCUT2D eigenvalue weighted by Crippen LogP contribution is -2.48. The highest BCUT2D eigenvalue weighted by Gasteiger charge is 2.21. The highest BCUT2D eigenvalue weighted by Crippen LogP contribution is 2.19. The molecule has 1 N–H and O–H groups in total. The van der Waals surface area contributed by atoms with Crippen LogP contribution in [0, 0.1) is 6.92 Å². The first kappa shape index (κ1) is 12.6. The molecule has 18 heavy (non-hydrogen) atoms. The van der Waals surface area contributed by atoms with E-state index in [9.17, 15) is 4.79 Å². The molecule has 1 amide bonds. The average Bonchev–Trinajstić information content (AvgIpc) is 2.39. The van der Waals surface area contributed by atoms with E-state index < -0.39 is 0 Å². The fourth-order valence-electron chi connectivity index (χ4n) is 2.11. The average molecular weight is 249 g/mol. The highest BCUT2D eigenvalue weighted by atomic mass is 16.2. The van der Waals surface area contributed by atoms with Crippen LogP contribution < -0.4 is 10.2 Å². The van der Waals surface area contributed by atoms with Gasteiger partial charge in [0.05, 0.1) is 0 Å². The van der Waals surface area contributed by atoms with Crippen molar-refractivity contribution in [2.75, 3.05) is 43.4 Å². The van der Waals surface area contributed by atoms with Gasteiger partial charge in [0.2, 0.25) is 11.9 Å². The minimum atomic E-state index is 0.143. The molecular weight excluding hydrogens is 230 g/mol. The first-order chi connectivity index (χ1) is 8.61. The lowest BCUT2D eigenvalue weighted by molar-refractivity contribution is -0.129. The Morgan fingerprint density at radius 2 is 2.00 bits per heavy atom. The van der Waals surface area contributed by atoms with Gasteiger partial charge >= 0.3 is 0 Å². The zero-order valence-corrected chi connectivity index (χ0v) is 11.1. The van der Waals surface area contributed by atoms with E-state index in [-0.39, 0.29) is 5.91 Å². The Hall–Kier alpha value is -1.85. The number of rotatable bonds is 2. The Bertz CT molecular complexity index is 440. The van der Waals surface area contributed by atoms with Crippen LogP contribution in [0.2, 0.25) is 0 Å². The molecule has 1 aromatic heterocycles. The number of carbonyl (C=O) groups excluding carboxylic acids is 1. The summed E-state index contributed by atoms with van der Waals surface area (Å²) in [5.74, 6) is 1.73. The van der Waals surface area contributed by atoms with Crippen LogP contribution in [0.5, 0.6) is 0 Å². The molecule has 2 rings (SSSR count). The molecule has 98 valence electrons. The molecule has 0 saturated carbocycles. The van der Waals surface area contributed by atoms with Crippen LogP contribution in [0.25, 0.3) is 0 Å². The van der Waals surface area contributed by atoms with Crippen molar-refractivity contribution in [3.63, 3.8) is 0 Å². The van der Waals surface area contributed by atoms with Crippen LogP contribution in [0.4, 0.5) is 11.8 Å². The molecule has 0 spiro atoms. The summed E-state index contributed by atoms with van der Waals surface area (Å²) in [6, 6.07) is 0. The Labute approximate surface area is 107 Å². The van der Waals surface area contributed by atoms with E-state index in [1.54, 1.807) is 6.92 Å². The number of carbonyl (C=O) groups is 1. The van der Waals surface area contributed by atoms with Gasteiger partial charge in [0.1, 0.15) is 5.82 Å². The smallest absolute Gasteiger partial charge is 0.224 e. The fraction of sp³-hybridized carbons (Fsp3) is 0.583. The van der Waals surface area contributed by atoms with E-state index in [2.05, 4.69) is 20.2 Å². The summed E-state index contributed by atoms with van der Waals surface area (Å²) in [7, 11) is 1.81. The number of nitrogens with one attached hydrogen (secondary N) is 1. The molecule has 0 radical (unpaired) electrons. The van der Waals surface area contributed by atoms with E-state index in [0.717, 1.165) is 37.6 Å². The summed E-state index contributed by atoms with van der Waals surface area (Å²) in [4.78, 5) is 24.0. The Kier molecular flexibility index (Phi) is 3.64. The number of nitrogens with zero attached hydrogens (tertiary/aromatic N) is 4. The third-order valence-corrected chi connectivity index (χ3v) is 3.19. The zero-order chi connectivity index (χ0) is 13.1. The molecular formula is C12H19N5O. The Balaban J connectivity index is 2.11. The van der Waals surface area contributed by atoms with Gasteiger partial charge in [-0.05, 0) is 6.92 Å². The van der Waals surface area contributed by atoms with Crippen molar-refractivity contribution in [3.8, 4) is 0 Å². The summed E-state index contributed by atoms with van der Waals surface area (Å²) in [5.41, 5.74) is 1.06. The van der Waals surface area contributed by atoms with E-state index in [1.807, 2.05) is 25.1 Å². The van der Waals surface area contributed by atoms with Crippen molar-refractivity contribution in [1.82, 2.24) is 14.9 Å². The lowest BCUT2D eigenvalue weighted by Gasteiger charge is -2.35. The van der Waals surface area contributed by atoms with Crippen LogP contribution in [0.3, 0.4) is 0 Å². The Morgan fingerprint density at radius 1 is 1.33 bits per heavy atom. The maximum atomic E-state index is 11.3. The maximum Gasteiger partial charge on any atom is 0.224 e. The van der Waals surface area contributed by atoms with Crippen LogP contribution in [-0.2, 0) is 4.79 Å². The van der Waals surface area contributed by atoms with Gasteiger partial charge in [0, 0.05) is 51.9 Å². The second-order valence-corrected chi connectivity index (χ2v) is 4.44. The molecule has 1 aliphatic heterocycles. The minimum absolute atomic E-state index is 0.143. The molecule has 0 unspecified atom stereocenters. The lowest BCUT2D eigenvalue weighted by atomic mass is 10.2. The molecule has 1 saturated heterocycles. The summed E-state index contributed by atoms with van der Waals surface area (Å²) in [6.45, 7) is 6.78. The molecule has 6 nitrogen and oxygen atoms in total. The van der Waals surface area contributed by atoms with E-state index >= 15 is 0 Å². The van der Waals surface area contributed by atoms with Gasteiger partial charge in [-0.2, -0.15) is 4.98 Å². The standard InChI is InChI=1S/C12H19N5O/c1-9-8-14-12(13-3)15-11(9)17-6-4-16(5-7-17)10(2)18/h8H,4-7H2,1-3H3,(H,13,14,15). The summed E-state index contributed by atoms with van der Waals surface area (Å²) in [6.07, 6.45) is 1.82. The summed E-state index contributed by atoms with van der Waals surface area (Å²) in [5, 5.41) is 2.95. The van der Waals surface area contributed by atoms with Gasteiger partial charge < -0.3 is 15.1 Å². The van der Waals surface area contributed by atoms with Crippen LogP contribution in [0.15, 0.2) is 6.20 Å². The van der Waals surface area contributed by atoms with Crippen molar-refractivity contribution in [3.05, 3.63) is 11.8 Å². The number of aromatic nitrogens is 2. The van der Waals surface area contributed by atoms with E-state index in [4.69, 9.17) is 0 Å². The fourth-order valence-corrected chi connectivity index (χ4v) is 2.11. The predicted octanol–water partition coefficient (Wildman–Crippen LogP) is 0.495. The molecule has 0 atom stereocenters. The third-order valence-electron chi connectivity index (χ3n) is 3.19. The van der Waals surface area contributed by atoms with Crippen LogP contribution in [0.1, 0.15) is 12.5 Å². The van der Waals surface area contributed by atoms with Crippen molar-refractivity contribution in [2.45, 2.75) is 13.8 Å². The quantitative estimate of drug-likeness (QED) is 0.827. The molecule has 0 aromatic carbocycles. The van der Waals surface area contributed by atoms with Gasteiger partial charge in [-0.3, -0.25) is 4.79 Å². The number of anilines is 2. The molecule has 1 fully saturated rings. The molecule has 1 aromatic rings. The maximum absolute atomic E-state index is 11.3. The second kappa shape index (κ2) is 5.20. The number of hydrogen-bond donors (Lipinski definition) is 1. The molecule has 0 bridgehead atoms. The topological polar surface area (TPSA) is 61.4 Å². The summed E-state index contributed by atoms with van der Waals surface area (Å²) < 4.78 is 0. The molecule has 2 heterocycles. The normalized spacial score (nSPS) is 15.7. The molecule has 1 aliphatic rings. The SMILES string of the molecule is CNc1ncc(C)c(N2CCN(C(C)=O)CC2)n1. The van der Waals surface area contributed by atoms with Gasteiger partial charge in [-0.15, -0.1) is 0 Å². The van der Waals surface area contributed by atoms with Crippen molar-refractivity contribution >= 4 is 17.7 Å². The minimum Gasteiger partial charge on any atom is -0.357 e. The van der Waals surface area contributed by atoms with Gasteiger partial charge in [0.15, 0.2) is 0 Å². The van der Waals surface area contributed by atoms with E-state index in [0.29, 0.717) is 5.95 Å². The van der Waals surface area contributed by atoms with E-state index in [1.165, 1.54) is 0 Å². The Morgan fingerprint density at radius 3 is 2.56 bits per heavy atom. The van der Waals surface area contributed by atoms with Gasteiger partial charge in [0.25, 0.3) is 0 Å². The monoisotopic (exact) mass is 249 g/mol. The molecule has 0 aliphatic carbocycles. The first-order valence-corrected chi connectivity index (χ1v) is 6.13. The van der Waals surface area contributed by atoms with Gasteiger partial charge in [-0.1, -0.05) is 0 Å².